The molecule has 0 aromatic carbocycles. The molecule has 1 atom stereocenters. The molecule has 1 unspecified atom stereocenters. The predicted octanol–water partition coefficient (Wildman–Crippen LogP) is -0.998. The number of esters is 1. The van der Waals surface area contributed by atoms with Crippen LogP contribution in [0.25, 0.3) is 0 Å². The molecule has 1 rings (SSSR count). The maximum absolute atomic E-state index is 11.8. The number of aliphatic hydroxyl groups is 1. The van der Waals surface area contributed by atoms with Crippen molar-refractivity contribution < 1.29 is 28.6 Å². The molecule has 0 spiro atoms. The molecule has 20 heavy (non-hydrogen) atoms. The first-order valence-electron chi connectivity index (χ1n) is 5.76. The van der Waals surface area contributed by atoms with Gasteiger partial charge >= 0.3 is 5.97 Å². The summed E-state index contributed by atoms with van der Waals surface area (Å²) in [6, 6.07) is 1.88. The van der Waals surface area contributed by atoms with Gasteiger partial charge in [-0.2, -0.15) is 0 Å². The highest BCUT2D eigenvalue weighted by atomic mass is 16.5. The minimum atomic E-state index is -1.15. The second-order valence-corrected chi connectivity index (χ2v) is 3.96. The van der Waals surface area contributed by atoms with Gasteiger partial charge in [0.2, 0.25) is 5.91 Å². The standard InChI is InChI=1S/C12H16N2O6/c1-14(11(17)9-4-3-5-20-9)6-10(16)13-8(7-15)12(18)19-2/h3-5,8,15H,6-7H2,1-2H3,(H,13,16). The van der Waals surface area contributed by atoms with Gasteiger partial charge in [-0.25, -0.2) is 4.79 Å². The van der Waals surface area contributed by atoms with E-state index in [1.807, 2.05) is 0 Å². The normalized spacial score (nSPS) is 11.6. The number of nitrogens with zero attached hydrogens (tertiary/aromatic N) is 1. The molecule has 1 aromatic heterocycles. The van der Waals surface area contributed by atoms with E-state index in [0.717, 1.165) is 12.0 Å². The van der Waals surface area contributed by atoms with E-state index < -0.39 is 30.4 Å². The lowest BCUT2D eigenvalue weighted by atomic mass is 10.3. The van der Waals surface area contributed by atoms with Crippen LogP contribution in [0.5, 0.6) is 0 Å². The summed E-state index contributed by atoms with van der Waals surface area (Å²) in [5, 5.41) is 11.2. The second-order valence-electron chi connectivity index (χ2n) is 3.96. The Morgan fingerprint density at radius 1 is 1.50 bits per heavy atom. The molecular formula is C12H16N2O6. The van der Waals surface area contributed by atoms with Crippen molar-refractivity contribution in [2.45, 2.75) is 6.04 Å². The third-order valence-electron chi connectivity index (χ3n) is 2.46. The van der Waals surface area contributed by atoms with Crippen molar-refractivity contribution in [3.8, 4) is 0 Å². The third kappa shape index (κ3) is 4.09. The molecule has 0 saturated heterocycles. The van der Waals surface area contributed by atoms with Gasteiger partial charge in [-0.3, -0.25) is 9.59 Å². The van der Waals surface area contributed by atoms with E-state index >= 15 is 0 Å². The topological polar surface area (TPSA) is 109 Å². The summed E-state index contributed by atoms with van der Waals surface area (Å²) in [6.07, 6.45) is 1.35. The Labute approximate surface area is 115 Å². The van der Waals surface area contributed by atoms with Gasteiger partial charge in [-0.15, -0.1) is 0 Å². The highest BCUT2D eigenvalue weighted by Crippen LogP contribution is 2.03. The van der Waals surface area contributed by atoms with E-state index in [9.17, 15) is 14.4 Å². The monoisotopic (exact) mass is 284 g/mol. The number of ether oxygens (including phenoxy) is 1. The number of furan rings is 1. The average molecular weight is 284 g/mol. The maximum atomic E-state index is 11.8. The first-order chi connectivity index (χ1) is 9.49. The number of amides is 2. The number of aliphatic hydroxyl groups excluding tert-OH is 1. The molecule has 1 heterocycles. The zero-order valence-corrected chi connectivity index (χ0v) is 11.2. The molecule has 2 amide bonds. The minimum Gasteiger partial charge on any atom is -0.467 e. The second kappa shape index (κ2) is 7.29. The lowest BCUT2D eigenvalue weighted by Gasteiger charge is -2.18. The molecule has 0 saturated carbocycles. The number of rotatable bonds is 6. The van der Waals surface area contributed by atoms with Crippen LogP contribution in [0, 0.1) is 0 Å². The minimum absolute atomic E-state index is 0.104. The molecule has 1 aromatic rings. The summed E-state index contributed by atoms with van der Waals surface area (Å²) in [5.41, 5.74) is 0. The Bertz CT molecular complexity index is 470. The average Bonchev–Trinajstić information content (AvgIpc) is 2.96. The van der Waals surface area contributed by atoms with Crippen molar-refractivity contribution in [3.63, 3.8) is 0 Å². The smallest absolute Gasteiger partial charge is 0.330 e. The largest absolute Gasteiger partial charge is 0.467 e. The molecule has 0 bridgehead atoms. The van der Waals surface area contributed by atoms with Crippen molar-refractivity contribution in [2.24, 2.45) is 0 Å². The van der Waals surface area contributed by atoms with Gasteiger partial charge in [0.1, 0.15) is 0 Å². The molecule has 0 aliphatic carbocycles. The van der Waals surface area contributed by atoms with Crippen LogP contribution in [0.1, 0.15) is 10.6 Å². The number of nitrogens with one attached hydrogen (secondary N) is 1. The van der Waals surface area contributed by atoms with Gasteiger partial charge in [-0.05, 0) is 12.1 Å². The van der Waals surface area contributed by atoms with Crippen LogP contribution < -0.4 is 5.32 Å². The summed E-state index contributed by atoms with van der Waals surface area (Å²) < 4.78 is 9.33. The van der Waals surface area contributed by atoms with Crippen LogP contribution in [0.2, 0.25) is 0 Å². The van der Waals surface area contributed by atoms with Crippen LogP contribution in [0.3, 0.4) is 0 Å². The van der Waals surface area contributed by atoms with E-state index in [2.05, 4.69) is 10.1 Å². The van der Waals surface area contributed by atoms with Crippen molar-refractivity contribution in [2.75, 3.05) is 27.3 Å². The Hall–Kier alpha value is -2.35. The van der Waals surface area contributed by atoms with E-state index in [1.54, 1.807) is 6.07 Å². The summed E-state index contributed by atoms with van der Waals surface area (Å²) in [5.74, 6) is -1.73. The van der Waals surface area contributed by atoms with Crippen LogP contribution in [-0.4, -0.2) is 61.1 Å². The first-order valence-corrected chi connectivity index (χ1v) is 5.76. The number of likely N-dealkylation sites (N-methyl/N-ethyl adjacent to an activating group) is 1. The number of carbonyl (C=O) groups excluding carboxylic acids is 3. The van der Waals surface area contributed by atoms with Gasteiger partial charge in [0.05, 0.1) is 26.5 Å². The molecule has 2 N–H and O–H groups in total. The molecule has 0 fully saturated rings. The number of hydrogen-bond acceptors (Lipinski definition) is 6. The molecule has 110 valence electrons. The molecule has 8 heteroatoms. The quantitative estimate of drug-likeness (QED) is 0.649. The summed E-state index contributed by atoms with van der Waals surface area (Å²) >= 11 is 0. The van der Waals surface area contributed by atoms with Crippen molar-refractivity contribution >= 4 is 17.8 Å². The Balaban J connectivity index is 2.53. The zero-order chi connectivity index (χ0) is 15.1. The zero-order valence-electron chi connectivity index (χ0n) is 11.2. The fraction of sp³-hybridized carbons (Fsp3) is 0.417. The Kier molecular flexibility index (Phi) is 5.73. The first kappa shape index (κ1) is 15.7. The summed E-state index contributed by atoms with van der Waals surface area (Å²) in [7, 11) is 2.56. The highest BCUT2D eigenvalue weighted by Gasteiger charge is 2.23. The van der Waals surface area contributed by atoms with Gasteiger partial charge < -0.3 is 24.5 Å². The van der Waals surface area contributed by atoms with Crippen molar-refractivity contribution in [1.29, 1.82) is 0 Å². The molecular weight excluding hydrogens is 268 g/mol. The highest BCUT2D eigenvalue weighted by molar-refractivity contribution is 5.94. The summed E-state index contributed by atoms with van der Waals surface area (Å²) in [4.78, 5) is 35.8. The molecule has 0 aliphatic heterocycles. The van der Waals surface area contributed by atoms with Crippen LogP contribution in [0.4, 0.5) is 0 Å². The SMILES string of the molecule is COC(=O)C(CO)NC(=O)CN(C)C(=O)c1ccco1. The number of carbonyl (C=O) groups is 3. The fourth-order valence-electron chi connectivity index (χ4n) is 1.44. The van der Waals surface area contributed by atoms with Crippen LogP contribution in [-0.2, 0) is 14.3 Å². The number of methoxy groups -OCH3 is 1. The van der Waals surface area contributed by atoms with Crippen molar-refractivity contribution in [1.82, 2.24) is 10.2 Å². The van der Waals surface area contributed by atoms with Gasteiger partial charge in [0.25, 0.3) is 5.91 Å². The molecule has 8 nitrogen and oxygen atoms in total. The maximum Gasteiger partial charge on any atom is 0.330 e. The lowest BCUT2D eigenvalue weighted by Crippen LogP contribution is -2.48. The predicted molar refractivity (Wildman–Crippen MR) is 66.7 cm³/mol. The van der Waals surface area contributed by atoms with Crippen LogP contribution in [0.15, 0.2) is 22.8 Å². The summed E-state index contributed by atoms with van der Waals surface area (Å²) in [6.45, 7) is -0.874. The molecule has 0 aliphatic rings. The Morgan fingerprint density at radius 3 is 2.70 bits per heavy atom. The van der Waals surface area contributed by atoms with E-state index in [1.165, 1.54) is 19.4 Å². The lowest BCUT2D eigenvalue weighted by molar-refractivity contribution is -0.146. The van der Waals surface area contributed by atoms with Crippen molar-refractivity contribution in [3.05, 3.63) is 24.2 Å². The van der Waals surface area contributed by atoms with E-state index in [0.29, 0.717) is 0 Å². The van der Waals surface area contributed by atoms with E-state index in [-0.39, 0.29) is 12.3 Å². The Morgan fingerprint density at radius 2 is 2.20 bits per heavy atom. The number of hydrogen-bond donors (Lipinski definition) is 2. The van der Waals surface area contributed by atoms with Gasteiger partial charge in [0.15, 0.2) is 11.8 Å². The van der Waals surface area contributed by atoms with Gasteiger partial charge in [0, 0.05) is 7.05 Å². The van der Waals surface area contributed by atoms with Crippen LogP contribution >= 0.6 is 0 Å². The molecule has 0 radical (unpaired) electrons. The van der Waals surface area contributed by atoms with E-state index in [4.69, 9.17) is 9.52 Å². The third-order valence-corrected chi connectivity index (χ3v) is 2.46. The fourth-order valence-corrected chi connectivity index (χ4v) is 1.44. The van der Waals surface area contributed by atoms with Gasteiger partial charge in [-0.1, -0.05) is 0 Å².